The second kappa shape index (κ2) is 10.8. The lowest BCUT2D eigenvalue weighted by Crippen LogP contribution is -2.21. The molecular formula is C31H20Br4OS. The Bertz CT molecular complexity index is 1740. The molecule has 0 bridgehead atoms. The largest absolute Gasteiger partial charge is 0.487 e. The molecule has 1 heterocycles. The van der Waals surface area contributed by atoms with Crippen molar-refractivity contribution >= 4 is 106 Å². The lowest BCUT2D eigenvalue weighted by atomic mass is 9.98. The topological polar surface area (TPSA) is 9.23 Å². The molecule has 0 spiro atoms. The summed E-state index contributed by atoms with van der Waals surface area (Å²) in [4.78, 5) is 0. The summed E-state index contributed by atoms with van der Waals surface area (Å²) < 4.78 is 12.1. The molecule has 37 heavy (non-hydrogen) atoms. The van der Waals surface area contributed by atoms with E-state index in [1.165, 1.54) is 42.1 Å². The smallest absolute Gasteiger partial charge is 0.148 e. The Labute approximate surface area is 253 Å². The highest BCUT2D eigenvalue weighted by Gasteiger charge is 2.19. The zero-order valence-electron chi connectivity index (χ0n) is 19.5. The molecule has 1 nitrogen and oxygen atoms in total. The molecule has 0 saturated heterocycles. The van der Waals surface area contributed by atoms with Crippen molar-refractivity contribution in [1.82, 2.24) is 0 Å². The third-order valence-corrected chi connectivity index (χ3v) is 10.7. The normalized spacial score (nSPS) is 12.4. The van der Waals surface area contributed by atoms with E-state index < -0.39 is 0 Å². The van der Waals surface area contributed by atoms with Gasteiger partial charge in [0.25, 0.3) is 0 Å². The number of rotatable bonds is 6. The average Bonchev–Trinajstić information content (AvgIpc) is 3.30. The van der Waals surface area contributed by atoms with Gasteiger partial charge >= 0.3 is 0 Å². The van der Waals surface area contributed by atoms with E-state index in [4.69, 9.17) is 4.74 Å². The molecule has 1 aromatic heterocycles. The maximum absolute atomic E-state index is 6.48. The van der Waals surface area contributed by atoms with Gasteiger partial charge in [-0.15, -0.1) is 11.3 Å². The average molecular weight is 760 g/mol. The molecule has 1 atom stereocenters. The summed E-state index contributed by atoms with van der Waals surface area (Å²) in [6.07, 6.45) is 0.839. The van der Waals surface area contributed by atoms with Crippen LogP contribution in [0.4, 0.5) is 0 Å². The van der Waals surface area contributed by atoms with Crippen molar-refractivity contribution in [2.75, 3.05) is 5.33 Å². The highest BCUT2D eigenvalue weighted by molar-refractivity contribution is 9.11. The van der Waals surface area contributed by atoms with Gasteiger partial charge in [-0.2, -0.15) is 0 Å². The molecule has 6 rings (SSSR count). The summed E-state index contributed by atoms with van der Waals surface area (Å²) in [5.41, 5.74) is 3.60. The number of hydrogen-bond donors (Lipinski definition) is 0. The molecule has 0 unspecified atom stereocenters. The summed E-state index contributed by atoms with van der Waals surface area (Å²) in [7, 11) is 0. The van der Waals surface area contributed by atoms with Crippen LogP contribution in [0.1, 0.15) is 5.56 Å². The SMILES string of the molecule is BrC[C@@H](Cc1ccccc1)Oc1c(Br)cc(-c2cccc3sc4c(Br)c5ccccc5cc4c23)cc1Br. The van der Waals surface area contributed by atoms with E-state index in [1.807, 2.05) is 17.4 Å². The standard InChI is InChI=1S/C31H20Br4OS/c32-17-21(13-18-7-2-1-3-8-18)36-30-25(33)15-20(16-26(30)34)22-11-6-12-27-28(22)24-14-19-9-4-5-10-23(19)29(35)31(24)37-27/h1-12,14-16,21H,13,17H2/t21-/m1/s1. The van der Waals surface area contributed by atoms with Gasteiger partial charge in [0.1, 0.15) is 11.9 Å². The molecule has 0 aliphatic heterocycles. The van der Waals surface area contributed by atoms with Crippen LogP contribution in [0.25, 0.3) is 42.1 Å². The second-order valence-electron chi connectivity index (χ2n) is 8.92. The minimum Gasteiger partial charge on any atom is -0.487 e. The molecule has 0 amide bonds. The van der Waals surface area contributed by atoms with Gasteiger partial charge in [0, 0.05) is 31.7 Å². The third-order valence-electron chi connectivity index (χ3n) is 6.52. The fourth-order valence-corrected chi connectivity index (χ4v) is 8.52. The number of benzene rings is 5. The summed E-state index contributed by atoms with van der Waals surface area (Å²) >= 11 is 17.0. The minimum atomic E-state index is 0.00994. The molecule has 0 saturated carbocycles. The Balaban J connectivity index is 1.43. The van der Waals surface area contributed by atoms with Gasteiger partial charge in [-0.25, -0.2) is 0 Å². The first-order valence-corrected chi connectivity index (χ1v) is 16.1. The van der Waals surface area contributed by atoms with Gasteiger partial charge < -0.3 is 4.74 Å². The van der Waals surface area contributed by atoms with E-state index in [0.29, 0.717) is 0 Å². The van der Waals surface area contributed by atoms with Crippen LogP contribution in [-0.4, -0.2) is 11.4 Å². The Morgan fingerprint density at radius 2 is 1.49 bits per heavy atom. The Hall–Kier alpha value is -1.70. The second-order valence-corrected chi connectivity index (χ2v) is 13.1. The van der Waals surface area contributed by atoms with Crippen LogP contribution in [0.15, 0.2) is 104 Å². The van der Waals surface area contributed by atoms with Gasteiger partial charge in [-0.1, -0.05) is 82.7 Å². The van der Waals surface area contributed by atoms with Crippen LogP contribution in [-0.2, 0) is 6.42 Å². The maximum Gasteiger partial charge on any atom is 0.148 e. The maximum atomic E-state index is 6.48. The Morgan fingerprint density at radius 1 is 0.757 bits per heavy atom. The van der Waals surface area contributed by atoms with Crippen molar-refractivity contribution in [3.8, 4) is 16.9 Å². The molecule has 0 aliphatic carbocycles. The number of ether oxygens (including phenoxy) is 1. The van der Waals surface area contributed by atoms with E-state index >= 15 is 0 Å². The van der Waals surface area contributed by atoms with E-state index in [9.17, 15) is 0 Å². The van der Waals surface area contributed by atoms with Gasteiger partial charge in [0.15, 0.2) is 0 Å². The summed E-state index contributed by atoms with van der Waals surface area (Å²) in [5.74, 6) is 0.820. The van der Waals surface area contributed by atoms with Crippen LogP contribution in [0.5, 0.6) is 5.75 Å². The van der Waals surface area contributed by atoms with Crippen molar-refractivity contribution in [3.63, 3.8) is 0 Å². The first kappa shape index (κ1) is 25.6. The number of hydrogen-bond acceptors (Lipinski definition) is 2. The quantitative estimate of drug-likeness (QED) is 0.154. The monoisotopic (exact) mass is 756 g/mol. The molecule has 0 N–H and O–H groups in total. The Kier molecular flexibility index (Phi) is 7.48. The molecular weight excluding hydrogens is 740 g/mol. The predicted octanol–water partition coefficient (Wildman–Crippen LogP) is 11.5. The lowest BCUT2D eigenvalue weighted by Gasteiger charge is -2.20. The van der Waals surface area contributed by atoms with E-state index in [2.05, 4.69) is 149 Å². The number of fused-ring (bicyclic) bond motifs is 4. The van der Waals surface area contributed by atoms with Gasteiger partial charge in [0.05, 0.1) is 13.6 Å². The van der Waals surface area contributed by atoms with Crippen molar-refractivity contribution in [3.05, 3.63) is 110 Å². The van der Waals surface area contributed by atoms with Crippen LogP contribution in [0.2, 0.25) is 0 Å². The fourth-order valence-electron chi connectivity index (χ4n) is 4.81. The van der Waals surface area contributed by atoms with Crippen LogP contribution in [0, 0.1) is 0 Å². The van der Waals surface area contributed by atoms with E-state index in [0.717, 1.165) is 36.5 Å². The molecule has 0 fully saturated rings. The molecule has 5 aromatic carbocycles. The molecule has 0 aliphatic rings. The zero-order valence-corrected chi connectivity index (χ0v) is 26.6. The first-order chi connectivity index (χ1) is 18.0. The van der Waals surface area contributed by atoms with Crippen LogP contribution < -0.4 is 4.74 Å². The summed E-state index contributed by atoms with van der Waals surface area (Å²) in [6.45, 7) is 0. The van der Waals surface area contributed by atoms with Crippen LogP contribution >= 0.6 is 75.1 Å². The molecule has 0 radical (unpaired) electrons. The first-order valence-electron chi connectivity index (χ1n) is 11.8. The van der Waals surface area contributed by atoms with Gasteiger partial charge in [-0.05, 0) is 99.5 Å². The predicted molar refractivity (Wildman–Crippen MR) is 174 cm³/mol. The lowest BCUT2D eigenvalue weighted by molar-refractivity contribution is 0.225. The molecule has 184 valence electrons. The molecule has 6 aromatic rings. The van der Waals surface area contributed by atoms with Crippen molar-refractivity contribution in [2.45, 2.75) is 12.5 Å². The molecule has 6 heteroatoms. The minimum absolute atomic E-state index is 0.00994. The summed E-state index contributed by atoms with van der Waals surface area (Å²) in [5, 5.41) is 5.78. The van der Waals surface area contributed by atoms with E-state index in [1.54, 1.807) is 0 Å². The number of alkyl halides is 1. The summed E-state index contributed by atoms with van der Waals surface area (Å²) in [6, 6.07) is 32.2. The van der Waals surface area contributed by atoms with Crippen LogP contribution in [0.3, 0.4) is 0 Å². The third kappa shape index (κ3) is 4.92. The zero-order chi connectivity index (χ0) is 25.5. The van der Waals surface area contributed by atoms with Gasteiger partial charge in [0.2, 0.25) is 0 Å². The highest BCUT2D eigenvalue weighted by atomic mass is 79.9. The Morgan fingerprint density at radius 3 is 2.24 bits per heavy atom. The van der Waals surface area contributed by atoms with Crippen molar-refractivity contribution in [2.24, 2.45) is 0 Å². The number of halogens is 4. The van der Waals surface area contributed by atoms with Gasteiger partial charge in [-0.3, -0.25) is 0 Å². The van der Waals surface area contributed by atoms with Crippen molar-refractivity contribution < 1.29 is 4.74 Å². The fraction of sp³-hybridized carbons (Fsp3) is 0.0968. The van der Waals surface area contributed by atoms with Crippen molar-refractivity contribution in [1.29, 1.82) is 0 Å². The number of thiophene rings is 1. The highest BCUT2D eigenvalue weighted by Crippen LogP contribution is 2.47. The van der Waals surface area contributed by atoms with E-state index in [-0.39, 0.29) is 6.10 Å².